The van der Waals surface area contributed by atoms with Gasteiger partial charge < -0.3 is 5.11 Å². The van der Waals surface area contributed by atoms with Gasteiger partial charge in [0.2, 0.25) is 0 Å². The topological polar surface area (TPSA) is 78.9 Å². The van der Waals surface area contributed by atoms with Gasteiger partial charge in [0.1, 0.15) is 5.69 Å². The lowest BCUT2D eigenvalue weighted by molar-refractivity contribution is 0.0689. The molecule has 82 valence electrons. The van der Waals surface area contributed by atoms with Gasteiger partial charge >= 0.3 is 5.97 Å². The normalized spacial score (nSPS) is 22.7. The standard InChI is InChI=1S/C10H15N3O2/c1-9(2)7(10(9,3)4)5-6(8(14)15)12-13-11-5/h7H,1-4H3,(H,14,15)(H,11,12,13). The fourth-order valence-corrected chi connectivity index (χ4v) is 2.48. The lowest BCUT2D eigenvalue weighted by Crippen LogP contribution is -2.03. The van der Waals surface area contributed by atoms with Crippen molar-refractivity contribution in [2.75, 3.05) is 0 Å². The van der Waals surface area contributed by atoms with E-state index in [1.165, 1.54) is 0 Å². The van der Waals surface area contributed by atoms with E-state index in [4.69, 9.17) is 5.11 Å². The van der Waals surface area contributed by atoms with Crippen LogP contribution in [0, 0.1) is 10.8 Å². The number of hydrogen-bond acceptors (Lipinski definition) is 3. The van der Waals surface area contributed by atoms with E-state index in [1.807, 2.05) is 0 Å². The van der Waals surface area contributed by atoms with E-state index >= 15 is 0 Å². The molecular weight excluding hydrogens is 194 g/mol. The van der Waals surface area contributed by atoms with Crippen LogP contribution in [0.1, 0.15) is 49.8 Å². The second-order valence-corrected chi connectivity index (χ2v) is 5.24. The highest BCUT2D eigenvalue weighted by Crippen LogP contribution is 2.73. The Balaban J connectivity index is 2.42. The Hall–Kier alpha value is -1.39. The maximum atomic E-state index is 10.9. The van der Waals surface area contributed by atoms with E-state index in [0.717, 1.165) is 0 Å². The molecule has 1 aliphatic rings. The zero-order valence-corrected chi connectivity index (χ0v) is 9.33. The van der Waals surface area contributed by atoms with Gasteiger partial charge in [-0.15, -0.1) is 5.10 Å². The van der Waals surface area contributed by atoms with E-state index in [0.29, 0.717) is 5.69 Å². The number of aromatic amines is 1. The third-order valence-corrected chi connectivity index (χ3v) is 4.07. The van der Waals surface area contributed by atoms with E-state index in [-0.39, 0.29) is 22.4 Å². The summed E-state index contributed by atoms with van der Waals surface area (Å²) in [5, 5.41) is 19.0. The summed E-state index contributed by atoms with van der Waals surface area (Å²) in [5.41, 5.74) is 0.790. The first kappa shape index (κ1) is 10.1. The first-order chi connectivity index (χ1) is 6.80. The molecular formula is C10H15N3O2. The van der Waals surface area contributed by atoms with Crippen LogP contribution < -0.4 is 0 Å². The molecule has 1 heterocycles. The van der Waals surface area contributed by atoms with Crippen molar-refractivity contribution < 1.29 is 9.90 Å². The van der Waals surface area contributed by atoms with Crippen molar-refractivity contribution in [3.8, 4) is 0 Å². The maximum absolute atomic E-state index is 10.9. The largest absolute Gasteiger partial charge is 0.476 e. The second-order valence-electron chi connectivity index (χ2n) is 5.24. The molecule has 0 atom stereocenters. The zero-order chi connectivity index (χ0) is 11.4. The van der Waals surface area contributed by atoms with Crippen molar-refractivity contribution in [1.29, 1.82) is 0 Å². The van der Waals surface area contributed by atoms with Gasteiger partial charge in [0.15, 0.2) is 5.69 Å². The second kappa shape index (κ2) is 2.59. The van der Waals surface area contributed by atoms with E-state index in [2.05, 4.69) is 43.1 Å². The Morgan fingerprint density at radius 2 is 1.80 bits per heavy atom. The Bertz CT molecular complexity index is 406. The van der Waals surface area contributed by atoms with Gasteiger partial charge in [-0.05, 0) is 10.8 Å². The highest BCUT2D eigenvalue weighted by atomic mass is 16.4. The van der Waals surface area contributed by atoms with Crippen LogP contribution in [0.5, 0.6) is 0 Å². The Morgan fingerprint density at radius 1 is 1.27 bits per heavy atom. The predicted molar refractivity (Wildman–Crippen MR) is 53.6 cm³/mol. The molecule has 5 nitrogen and oxygen atoms in total. The highest BCUT2D eigenvalue weighted by molar-refractivity contribution is 5.86. The molecule has 0 amide bonds. The van der Waals surface area contributed by atoms with Crippen molar-refractivity contribution in [3.63, 3.8) is 0 Å². The Kier molecular flexibility index (Phi) is 1.75. The third-order valence-electron chi connectivity index (χ3n) is 4.07. The maximum Gasteiger partial charge on any atom is 0.358 e. The molecule has 1 aromatic heterocycles. The number of nitrogens with one attached hydrogen (secondary N) is 1. The van der Waals surface area contributed by atoms with Gasteiger partial charge in [-0.2, -0.15) is 10.3 Å². The monoisotopic (exact) mass is 209 g/mol. The van der Waals surface area contributed by atoms with Crippen LogP contribution in [0.25, 0.3) is 0 Å². The molecule has 0 spiro atoms. The minimum Gasteiger partial charge on any atom is -0.476 e. The van der Waals surface area contributed by atoms with Crippen LogP contribution in [0.2, 0.25) is 0 Å². The lowest BCUT2D eigenvalue weighted by Gasteiger charge is -2.03. The van der Waals surface area contributed by atoms with Gasteiger partial charge in [-0.1, -0.05) is 27.7 Å². The smallest absolute Gasteiger partial charge is 0.358 e. The number of carboxylic acids is 1. The predicted octanol–water partition coefficient (Wildman–Crippen LogP) is 1.65. The van der Waals surface area contributed by atoms with Crippen molar-refractivity contribution in [3.05, 3.63) is 11.4 Å². The number of carbonyl (C=O) groups is 1. The number of carboxylic acid groups (broad SMARTS) is 1. The molecule has 5 heteroatoms. The number of nitrogens with zero attached hydrogens (tertiary/aromatic N) is 2. The summed E-state index contributed by atoms with van der Waals surface area (Å²) < 4.78 is 0. The fourth-order valence-electron chi connectivity index (χ4n) is 2.48. The number of aromatic nitrogens is 3. The minimum atomic E-state index is -1.02. The quantitative estimate of drug-likeness (QED) is 0.776. The van der Waals surface area contributed by atoms with Gasteiger partial charge in [-0.25, -0.2) is 4.79 Å². The van der Waals surface area contributed by atoms with Crippen LogP contribution >= 0.6 is 0 Å². The van der Waals surface area contributed by atoms with Crippen molar-refractivity contribution in [2.24, 2.45) is 10.8 Å². The van der Waals surface area contributed by atoms with Gasteiger partial charge in [0, 0.05) is 5.92 Å². The molecule has 0 radical (unpaired) electrons. The molecule has 0 aliphatic heterocycles. The average molecular weight is 209 g/mol. The molecule has 0 bridgehead atoms. The van der Waals surface area contributed by atoms with Crippen LogP contribution in [0.15, 0.2) is 0 Å². The van der Waals surface area contributed by atoms with E-state index < -0.39 is 5.97 Å². The van der Waals surface area contributed by atoms with Crippen LogP contribution in [-0.2, 0) is 0 Å². The van der Waals surface area contributed by atoms with Crippen molar-refractivity contribution in [2.45, 2.75) is 33.6 Å². The molecule has 1 aliphatic carbocycles. The average Bonchev–Trinajstić information content (AvgIpc) is 2.51. The fraction of sp³-hybridized carbons (Fsp3) is 0.700. The summed E-state index contributed by atoms with van der Waals surface area (Å²) in [6, 6.07) is 0. The first-order valence-corrected chi connectivity index (χ1v) is 4.94. The summed E-state index contributed by atoms with van der Waals surface area (Å²) in [7, 11) is 0. The van der Waals surface area contributed by atoms with Gasteiger partial charge in [0.05, 0.1) is 0 Å². The molecule has 2 N–H and O–H groups in total. The van der Waals surface area contributed by atoms with Crippen molar-refractivity contribution in [1.82, 2.24) is 15.4 Å². The molecule has 2 rings (SSSR count). The number of H-pyrrole nitrogens is 1. The molecule has 1 saturated carbocycles. The zero-order valence-electron chi connectivity index (χ0n) is 9.33. The summed E-state index contributed by atoms with van der Waals surface area (Å²) in [5.74, 6) is -0.855. The summed E-state index contributed by atoms with van der Waals surface area (Å²) >= 11 is 0. The number of aromatic carboxylic acids is 1. The molecule has 0 unspecified atom stereocenters. The summed E-state index contributed by atoms with van der Waals surface area (Å²) in [4.78, 5) is 10.9. The lowest BCUT2D eigenvalue weighted by atomic mass is 10.0. The number of hydrogen-bond donors (Lipinski definition) is 2. The third kappa shape index (κ3) is 1.12. The molecule has 1 fully saturated rings. The first-order valence-electron chi connectivity index (χ1n) is 4.94. The van der Waals surface area contributed by atoms with Crippen LogP contribution in [0.4, 0.5) is 0 Å². The Morgan fingerprint density at radius 3 is 2.20 bits per heavy atom. The van der Waals surface area contributed by atoms with Crippen LogP contribution in [0.3, 0.4) is 0 Å². The highest BCUT2D eigenvalue weighted by Gasteiger charge is 2.67. The van der Waals surface area contributed by atoms with Gasteiger partial charge in [-0.3, -0.25) is 0 Å². The van der Waals surface area contributed by atoms with Crippen molar-refractivity contribution >= 4 is 5.97 Å². The van der Waals surface area contributed by atoms with E-state index in [1.54, 1.807) is 0 Å². The van der Waals surface area contributed by atoms with Crippen LogP contribution in [-0.4, -0.2) is 26.5 Å². The number of rotatable bonds is 2. The Labute approximate surface area is 87.9 Å². The SMILES string of the molecule is CC1(C)C(c2n[nH]nc2C(=O)O)C1(C)C. The summed E-state index contributed by atoms with van der Waals surface area (Å²) in [6.07, 6.45) is 0. The summed E-state index contributed by atoms with van der Waals surface area (Å²) in [6.45, 7) is 8.49. The van der Waals surface area contributed by atoms with E-state index in [9.17, 15) is 4.79 Å². The molecule has 0 aromatic carbocycles. The minimum absolute atomic E-state index is 0.0543. The van der Waals surface area contributed by atoms with Gasteiger partial charge in [0.25, 0.3) is 0 Å². The molecule has 15 heavy (non-hydrogen) atoms. The molecule has 1 aromatic rings. The molecule has 0 saturated heterocycles.